The molecule has 38 heavy (non-hydrogen) atoms. The number of H-pyrrole nitrogens is 1. The van der Waals surface area contributed by atoms with Gasteiger partial charge in [0, 0.05) is 11.5 Å². The van der Waals surface area contributed by atoms with Gasteiger partial charge in [0.05, 0.1) is 37.5 Å². The minimum Gasteiger partial charge on any atom is -0.456 e. The molecule has 200 valence electrons. The maximum Gasteiger partial charge on any atom is 0.295 e. The van der Waals surface area contributed by atoms with Crippen LogP contribution in [0.4, 0.5) is 8.78 Å². The summed E-state index contributed by atoms with van der Waals surface area (Å²) >= 11 is 0. The fourth-order valence-corrected chi connectivity index (χ4v) is 4.57. The molecule has 1 aliphatic rings. The molecule has 0 unspecified atom stereocenters. The van der Waals surface area contributed by atoms with Crippen molar-refractivity contribution in [3.8, 4) is 28.3 Å². The van der Waals surface area contributed by atoms with Crippen molar-refractivity contribution in [2.75, 3.05) is 26.4 Å². The number of aliphatic hydroxyl groups excluding tert-OH is 4. The molecule has 5 rings (SSSR count). The molecule has 10 heteroatoms. The van der Waals surface area contributed by atoms with Gasteiger partial charge in [0.1, 0.15) is 23.5 Å². The van der Waals surface area contributed by atoms with Crippen LogP contribution in [0.15, 0.2) is 54.6 Å². The predicted molar refractivity (Wildman–Crippen MR) is 136 cm³/mol. The summed E-state index contributed by atoms with van der Waals surface area (Å²) in [7, 11) is 0. The topological polar surface area (TPSA) is 128 Å². The molecule has 0 radical (unpaired) electrons. The lowest BCUT2D eigenvalue weighted by molar-refractivity contribution is -0.00390. The van der Waals surface area contributed by atoms with E-state index < -0.39 is 35.4 Å². The average molecular weight is 527 g/mol. The quantitative estimate of drug-likeness (QED) is 0.239. The van der Waals surface area contributed by atoms with Crippen LogP contribution in [0.1, 0.15) is 12.5 Å². The van der Waals surface area contributed by atoms with E-state index in [0.717, 1.165) is 22.8 Å². The van der Waals surface area contributed by atoms with Crippen molar-refractivity contribution >= 4 is 11.0 Å². The Bertz CT molecular complexity index is 1420. The minimum atomic E-state index is -1.09. The van der Waals surface area contributed by atoms with Gasteiger partial charge in [-0.05, 0) is 22.3 Å². The second-order valence-electron chi connectivity index (χ2n) is 9.72. The van der Waals surface area contributed by atoms with Gasteiger partial charge in [-0.1, -0.05) is 55.5 Å². The number of hydrogen-bond donors (Lipinski definition) is 5. The standard InChI is InChI=1S/C28H28F2N2O6/c1-28(13-34,14-35)18-8-6-16(7-9-18)15-2-4-17(5-3-15)23-19(29)10-20-25(24(23)30)32-27(31-20)38-22-12-37-21(11-33)26(22)36/h2-10,21-22,26,33-36H,11-14H2,1H3,(H,31,32)/t21-,22-,26-/m1/s1. The summed E-state index contributed by atoms with van der Waals surface area (Å²) in [4.78, 5) is 6.83. The van der Waals surface area contributed by atoms with Crippen LogP contribution in [0, 0.1) is 11.6 Å². The van der Waals surface area contributed by atoms with Crippen LogP contribution in [-0.4, -0.2) is 75.1 Å². The molecule has 8 nitrogen and oxygen atoms in total. The summed E-state index contributed by atoms with van der Waals surface area (Å²) in [6, 6.07) is 15.2. The van der Waals surface area contributed by atoms with Gasteiger partial charge in [0.25, 0.3) is 6.01 Å². The molecule has 2 heterocycles. The number of rotatable bonds is 8. The van der Waals surface area contributed by atoms with E-state index in [2.05, 4.69) is 9.97 Å². The van der Waals surface area contributed by atoms with Gasteiger partial charge in [-0.2, -0.15) is 4.98 Å². The number of benzene rings is 3. The van der Waals surface area contributed by atoms with Crippen molar-refractivity contribution in [3.63, 3.8) is 0 Å². The molecule has 3 aromatic carbocycles. The molecule has 0 aliphatic carbocycles. The van der Waals surface area contributed by atoms with Crippen LogP contribution < -0.4 is 4.74 Å². The van der Waals surface area contributed by atoms with E-state index in [0.29, 0.717) is 5.56 Å². The Hall–Kier alpha value is -3.41. The van der Waals surface area contributed by atoms with Crippen molar-refractivity contribution < 1.29 is 38.7 Å². The number of hydrogen-bond acceptors (Lipinski definition) is 7. The van der Waals surface area contributed by atoms with Crippen molar-refractivity contribution in [1.82, 2.24) is 9.97 Å². The number of halogens is 2. The van der Waals surface area contributed by atoms with Crippen molar-refractivity contribution in [3.05, 3.63) is 71.8 Å². The summed E-state index contributed by atoms with van der Waals surface area (Å²) in [5, 5.41) is 38.6. The molecule has 5 N–H and O–H groups in total. The molecule has 0 bridgehead atoms. The number of nitrogens with zero attached hydrogens (tertiary/aromatic N) is 1. The fourth-order valence-electron chi connectivity index (χ4n) is 4.57. The van der Waals surface area contributed by atoms with Crippen LogP contribution >= 0.6 is 0 Å². The molecule has 4 aromatic rings. The highest BCUT2D eigenvalue weighted by Crippen LogP contribution is 2.34. The molecule has 1 aliphatic heterocycles. The van der Waals surface area contributed by atoms with E-state index in [-0.39, 0.29) is 49.0 Å². The van der Waals surface area contributed by atoms with Crippen molar-refractivity contribution in [2.45, 2.75) is 30.7 Å². The first-order chi connectivity index (χ1) is 18.3. The Kier molecular flexibility index (Phi) is 7.17. The first-order valence-corrected chi connectivity index (χ1v) is 12.2. The Morgan fingerprint density at radius 3 is 2.18 bits per heavy atom. The molecular formula is C28H28F2N2O6. The number of imidazole rings is 1. The maximum absolute atomic E-state index is 15.5. The van der Waals surface area contributed by atoms with Gasteiger partial charge >= 0.3 is 0 Å². The van der Waals surface area contributed by atoms with Crippen molar-refractivity contribution in [2.24, 2.45) is 0 Å². The van der Waals surface area contributed by atoms with Crippen molar-refractivity contribution in [1.29, 1.82) is 0 Å². The van der Waals surface area contributed by atoms with E-state index >= 15 is 8.78 Å². The summed E-state index contributed by atoms with van der Waals surface area (Å²) < 4.78 is 41.3. The smallest absolute Gasteiger partial charge is 0.295 e. The average Bonchev–Trinajstić information content (AvgIpc) is 3.51. The number of fused-ring (bicyclic) bond motifs is 1. The first-order valence-electron chi connectivity index (χ1n) is 12.2. The van der Waals surface area contributed by atoms with Gasteiger partial charge < -0.3 is 34.9 Å². The molecule has 1 saturated heterocycles. The van der Waals surface area contributed by atoms with E-state index in [4.69, 9.17) is 9.47 Å². The van der Waals surface area contributed by atoms with E-state index in [1.54, 1.807) is 31.2 Å². The van der Waals surface area contributed by atoms with E-state index in [1.165, 1.54) is 0 Å². The minimum absolute atomic E-state index is 0.0167. The normalized spacial score (nSPS) is 19.8. The SMILES string of the molecule is CC(CO)(CO)c1ccc(-c2ccc(-c3c(F)cc4[nH]c(O[C@@H]5CO[C@H](CO)[C@H]5O)nc4c3F)cc2)cc1. The van der Waals surface area contributed by atoms with Crippen LogP contribution in [0.3, 0.4) is 0 Å². The van der Waals surface area contributed by atoms with E-state index in [1.807, 2.05) is 24.3 Å². The summed E-state index contributed by atoms with van der Waals surface area (Å²) in [6.07, 6.45) is -2.69. The molecule has 1 fully saturated rings. The third-order valence-corrected chi connectivity index (χ3v) is 7.11. The highest BCUT2D eigenvalue weighted by atomic mass is 19.1. The largest absolute Gasteiger partial charge is 0.456 e. The lowest BCUT2D eigenvalue weighted by Gasteiger charge is -2.25. The third-order valence-electron chi connectivity index (χ3n) is 7.11. The van der Waals surface area contributed by atoms with Crippen LogP contribution in [0.2, 0.25) is 0 Å². The Labute approximate surface area is 217 Å². The number of aromatic nitrogens is 2. The van der Waals surface area contributed by atoms with E-state index in [9.17, 15) is 20.4 Å². The zero-order valence-corrected chi connectivity index (χ0v) is 20.6. The maximum atomic E-state index is 15.5. The van der Waals surface area contributed by atoms with Gasteiger partial charge in [-0.15, -0.1) is 0 Å². The molecular weight excluding hydrogens is 498 g/mol. The first kappa shape index (κ1) is 26.2. The Morgan fingerprint density at radius 2 is 1.61 bits per heavy atom. The Morgan fingerprint density at radius 1 is 1.00 bits per heavy atom. The number of aromatic amines is 1. The zero-order valence-electron chi connectivity index (χ0n) is 20.6. The number of nitrogens with one attached hydrogen (secondary N) is 1. The monoisotopic (exact) mass is 526 g/mol. The molecule has 3 atom stereocenters. The van der Waals surface area contributed by atoms with Crippen LogP contribution in [-0.2, 0) is 10.2 Å². The predicted octanol–water partition coefficient (Wildman–Crippen LogP) is 2.92. The van der Waals surface area contributed by atoms with Gasteiger partial charge in [0.15, 0.2) is 11.9 Å². The number of aliphatic hydroxyl groups is 4. The van der Waals surface area contributed by atoms with Gasteiger partial charge in [0.2, 0.25) is 0 Å². The second-order valence-corrected chi connectivity index (χ2v) is 9.72. The van der Waals surface area contributed by atoms with Gasteiger partial charge in [-0.3, -0.25) is 0 Å². The lowest BCUT2D eigenvalue weighted by atomic mass is 9.83. The summed E-state index contributed by atoms with van der Waals surface area (Å²) in [5.74, 6) is -1.63. The second kappa shape index (κ2) is 10.4. The molecule has 0 amide bonds. The fraction of sp³-hybridized carbons (Fsp3) is 0.321. The third kappa shape index (κ3) is 4.65. The van der Waals surface area contributed by atoms with Gasteiger partial charge in [-0.25, -0.2) is 8.78 Å². The highest BCUT2D eigenvalue weighted by Gasteiger charge is 2.37. The van der Waals surface area contributed by atoms with Crippen LogP contribution in [0.25, 0.3) is 33.3 Å². The molecule has 0 saturated carbocycles. The summed E-state index contributed by atoms with van der Waals surface area (Å²) in [5.41, 5.74) is 1.82. The molecule has 1 aromatic heterocycles. The lowest BCUT2D eigenvalue weighted by Crippen LogP contribution is -2.36. The summed E-state index contributed by atoms with van der Waals surface area (Å²) in [6.45, 7) is 1.03. The Balaban J connectivity index is 1.40. The highest BCUT2D eigenvalue weighted by molar-refractivity contribution is 5.84. The van der Waals surface area contributed by atoms with Crippen LogP contribution in [0.5, 0.6) is 6.01 Å². The molecule has 0 spiro atoms. The zero-order chi connectivity index (χ0) is 27.0. The number of ether oxygens (including phenoxy) is 2.